The van der Waals surface area contributed by atoms with Crippen LogP contribution in [0.3, 0.4) is 0 Å². The van der Waals surface area contributed by atoms with Gasteiger partial charge in [-0.25, -0.2) is 0 Å². The average molecular weight is 291 g/mol. The van der Waals surface area contributed by atoms with Crippen LogP contribution in [0.15, 0.2) is 18.2 Å². The third-order valence-corrected chi connectivity index (χ3v) is 2.47. The minimum Gasteiger partial charge on any atom is -0.320 e. The molecule has 0 aliphatic rings. The molecule has 1 aromatic rings. The number of amides is 1. The number of hydrogen-bond donors (Lipinski definition) is 1. The molecule has 0 unspecified atom stereocenters. The quantitative estimate of drug-likeness (QED) is 0.390. The molecule has 0 aliphatic heterocycles. The van der Waals surface area contributed by atoms with Gasteiger partial charge < -0.3 is 5.32 Å². The van der Waals surface area contributed by atoms with Crippen LogP contribution in [-0.2, 0) is 9.59 Å². The van der Waals surface area contributed by atoms with Crippen molar-refractivity contribution in [1.29, 1.82) is 0 Å². The number of Topliss-reactive ketones (excluding diaryl/α,β-unsaturated/α-hetero) is 1. The molecule has 0 heterocycles. The zero-order chi connectivity index (χ0) is 13.7. The molecule has 8 heteroatoms. The van der Waals surface area contributed by atoms with E-state index in [9.17, 15) is 19.7 Å². The van der Waals surface area contributed by atoms with E-state index in [1.165, 1.54) is 12.1 Å². The lowest BCUT2D eigenvalue weighted by Gasteiger charge is -2.05. The van der Waals surface area contributed by atoms with Crippen molar-refractivity contribution in [1.82, 2.24) is 0 Å². The van der Waals surface area contributed by atoms with E-state index in [4.69, 9.17) is 23.2 Å². The maximum atomic E-state index is 11.4. The third-order valence-electron chi connectivity index (χ3n) is 1.94. The topological polar surface area (TPSA) is 89.3 Å². The molecule has 0 atom stereocenters. The van der Waals surface area contributed by atoms with Crippen molar-refractivity contribution in [2.24, 2.45) is 0 Å². The number of carbonyl (C=O) groups is 2. The first kappa shape index (κ1) is 14.4. The monoisotopic (exact) mass is 290 g/mol. The maximum absolute atomic E-state index is 11.4. The van der Waals surface area contributed by atoms with Crippen LogP contribution in [0, 0.1) is 10.1 Å². The van der Waals surface area contributed by atoms with Gasteiger partial charge in [0.15, 0.2) is 5.78 Å². The van der Waals surface area contributed by atoms with Gasteiger partial charge in [0.05, 0.1) is 17.2 Å². The summed E-state index contributed by atoms with van der Waals surface area (Å²) in [7, 11) is 0. The first-order chi connectivity index (χ1) is 8.43. The van der Waals surface area contributed by atoms with Crippen LogP contribution in [0.2, 0.25) is 5.02 Å². The van der Waals surface area contributed by atoms with Crippen LogP contribution in [-0.4, -0.2) is 22.5 Å². The van der Waals surface area contributed by atoms with Gasteiger partial charge in [-0.3, -0.25) is 19.7 Å². The van der Waals surface area contributed by atoms with E-state index in [1.807, 2.05) is 0 Å². The molecular weight excluding hydrogens is 283 g/mol. The van der Waals surface area contributed by atoms with Gasteiger partial charge >= 0.3 is 0 Å². The van der Waals surface area contributed by atoms with Crippen LogP contribution < -0.4 is 5.32 Å². The van der Waals surface area contributed by atoms with Crippen molar-refractivity contribution >= 4 is 46.3 Å². The van der Waals surface area contributed by atoms with Crippen molar-refractivity contribution in [2.45, 2.75) is 6.42 Å². The highest BCUT2D eigenvalue weighted by Crippen LogP contribution is 2.27. The minimum atomic E-state index is -0.676. The summed E-state index contributed by atoms with van der Waals surface area (Å²) in [6.45, 7) is 0. The fourth-order valence-electron chi connectivity index (χ4n) is 1.18. The van der Waals surface area contributed by atoms with Gasteiger partial charge in [0, 0.05) is 11.1 Å². The van der Waals surface area contributed by atoms with Gasteiger partial charge in [-0.1, -0.05) is 11.6 Å². The summed E-state index contributed by atoms with van der Waals surface area (Å²) in [5, 5.41) is 13.2. The Morgan fingerprint density at radius 3 is 2.61 bits per heavy atom. The van der Waals surface area contributed by atoms with Gasteiger partial charge in [0.1, 0.15) is 5.69 Å². The zero-order valence-electron chi connectivity index (χ0n) is 8.98. The van der Waals surface area contributed by atoms with Gasteiger partial charge in [-0.15, -0.1) is 11.6 Å². The molecule has 0 bridgehead atoms. The molecule has 96 valence electrons. The standard InChI is InChI=1S/C10H8Cl2N2O4/c11-5-7(15)4-10(16)13-8-2-1-6(12)3-9(8)14(17)18/h1-3H,4-5H2,(H,13,16). The summed E-state index contributed by atoms with van der Waals surface area (Å²) >= 11 is 10.9. The molecule has 0 saturated heterocycles. The molecule has 0 radical (unpaired) electrons. The molecule has 1 amide bonds. The number of halogens is 2. The first-order valence-electron chi connectivity index (χ1n) is 4.75. The number of ketones is 1. The molecule has 18 heavy (non-hydrogen) atoms. The second-order valence-electron chi connectivity index (χ2n) is 3.32. The van der Waals surface area contributed by atoms with Crippen LogP contribution in [0.25, 0.3) is 0 Å². The van der Waals surface area contributed by atoms with Gasteiger partial charge in [-0.2, -0.15) is 0 Å². The molecular formula is C10H8Cl2N2O4. The van der Waals surface area contributed by atoms with Crippen LogP contribution in [0.1, 0.15) is 6.42 Å². The van der Waals surface area contributed by atoms with Crippen LogP contribution in [0.5, 0.6) is 0 Å². The number of nitrogens with zero attached hydrogens (tertiary/aromatic N) is 1. The summed E-state index contributed by atoms with van der Waals surface area (Å²) < 4.78 is 0. The van der Waals surface area contributed by atoms with Crippen LogP contribution in [0.4, 0.5) is 11.4 Å². The van der Waals surface area contributed by atoms with Crippen molar-refractivity contribution in [3.63, 3.8) is 0 Å². The lowest BCUT2D eigenvalue weighted by atomic mass is 10.2. The average Bonchev–Trinajstić information content (AvgIpc) is 2.30. The van der Waals surface area contributed by atoms with Crippen molar-refractivity contribution < 1.29 is 14.5 Å². The Morgan fingerprint density at radius 2 is 2.06 bits per heavy atom. The number of anilines is 1. The molecule has 0 saturated carbocycles. The normalized spacial score (nSPS) is 9.89. The number of benzene rings is 1. The van der Waals surface area contributed by atoms with Crippen molar-refractivity contribution in [3.05, 3.63) is 33.3 Å². The van der Waals surface area contributed by atoms with Gasteiger partial charge in [0.2, 0.25) is 5.91 Å². The molecule has 0 fully saturated rings. The fourth-order valence-corrected chi connectivity index (χ4v) is 1.44. The number of nitro groups is 1. The number of carbonyl (C=O) groups excluding carboxylic acids is 2. The predicted octanol–water partition coefficient (Wildman–Crippen LogP) is 2.38. The van der Waals surface area contributed by atoms with Gasteiger partial charge in [-0.05, 0) is 12.1 Å². The molecule has 0 aliphatic carbocycles. The Morgan fingerprint density at radius 1 is 1.39 bits per heavy atom. The van der Waals surface area contributed by atoms with E-state index in [0.29, 0.717) is 0 Å². The summed E-state index contributed by atoms with van der Waals surface area (Å²) in [6, 6.07) is 3.80. The summed E-state index contributed by atoms with van der Waals surface area (Å²) in [4.78, 5) is 32.4. The Bertz CT molecular complexity index is 505. The number of alkyl halides is 1. The van der Waals surface area contributed by atoms with Crippen molar-refractivity contribution in [3.8, 4) is 0 Å². The highest BCUT2D eigenvalue weighted by molar-refractivity contribution is 6.31. The number of nitrogens with one attached hydrogen (secondary N) is 1. The van der Waals surface area contributed by atoms with E-state index in [2.05, 4.69) is 5.32 Å². The largest absolute Gasteiger partial charge is 0.320 e. The molecule has 6 nitrogen and oxygen atoms in total. The Labute approximate surface area is 112 Å². The lowest BCUT2D eigenvalue weighted by Crippen LogP contribution is -2.17. The summed E-state index contributed by atoms with van der Waals surface area (Å²) in [5.41, 5.74) is -0.356. The van der Waals surface area contributed by atoms with E-state index in [-0.39, 0.29) is 22.3 Å². The minimum absolute atomic E-state index is 0.0169. The molecule has 0 spiro atoms. The number of nitro benzene ring substituents is 1. The summed E-state index contributed by atoms with van der Waals surface area (Å²) in [5.74, 6) is -1.41. The summed E-state index contributed by atoms with van der Waals surface area (Å²) in [6.07, 6.45) is -0.427. The van der Waals surface area contributed by atoms with Crippen LogP contribution >= 0.6 is 23.2 Å². The lowest BCUT2D eigenvalue weighted by molar-refractivity contribution is -0.383. The third kappa shape index (κ3) is 3.97. The zero-order valence-corrected chi connectivity index (χ0v) is 10.5. The first-order valence-corrected chi connectivity index (χ1v) is 5.66. The van der Waals surface area contributed by atoms with E-state index >= 15 is 0 Å². The fraction of sp³-hybridized carbons (Fsp3) is 0.200. The maximum Gasteiger partial charge on any atom is 0.294 e. The molecule has 1 aromatic carbocycles. The highest BCUT2D eigenvalue weighted by Gasteiger charge is 2.17. The Kier molecular flexibility index (Phi) is 5.06. The predicted molar refractivity (Wildman–Crippen MR) is 67.1 cm³/mol. The smallest absolute Gasteiger partial charge is 0.294 e. The Hall–Kier alpha value is -1.66. The second-order valence-corrected chi connectivity index (χ2v) is 4.02. The number of hydrogen-bond acceptors (Lipinski definition) is 4. The van der Waals surface area contributed by atoms with E-state index in [1.54, 1.807) is 0 Å². The van der Waals surface area contributed by atoms with E-state index < -0.39 is 23.0 Å². The second kappa shape index (κ2) is 6.32. The van der Waals surface area contributed by atoms with Crippen molar-refractivity contribution in [2.75, 3.05) is 11.2 Å². The Balaban J connectivity index is 2.87. The van der Waals surface area contributed by atoms with Gasteiger partial charge in [0.25, 0.3) is 5.69 Å². The molecule has 1 N–H and O–H groups in total. The highest BCUT2D eigenvalue weighted by atomic mass is 35.5. The number of rotatable bonds is 5. The SMILES string of the molecule is O=C(CCl)CC(=O)Nc1ccc(Cl)cc1[N+](=O)[O-]. The van der Waals surface area contributed by atoms with E-state index in [0.717, 1.165) is 6.07 Å². The molecule has 0 aromatic heterocycles. The molecule has 1 rings (SSSR count).